The van der Waals surface area contributed by atoms with Gasteiger partial charge in [-0.2, -0.15) is 0 Å². The van der Waals surface area contributed by atoms with E-state index in [4.69, 9.17) is 9.47 Å². The summed E-state index contributed by atoms with van der Waals surface area (Å²) in [6, 6.07) is 4.38. The van der Waals surface area contributed by atoms with Crippen molar-refractivity contribution in [1.82, 2.24) is 0 Å². The average molecular weight is 346 g/mol. The smallest absolute Gasteiger partial charge is 0.308 e. The molecular weight excluding hydrogens is 316 g/mol. The van der Waals surface area contributed by atoms with E-state index in [0.717, 1.165) is 23.7 Å². The SMILES string of the molecule is Cc1cc(C)c(OC[C@@H]2C[C@@H](O)CC(=O)O2)c(CC2CCCCC2)c1. The minimum Gasteiger partial charge on any atom is -0.489 e. The zero-order chi connectivity index (χ0) is 17.8. The topological polar surface area (TPSA) is 55.8 Å². The van der Waals surface area contributed by atoms with Crippen LogP contribution in [0.2, 0.25) is 0 Å². The van der Waals surface area contributed by atoms with Gasteiger partial charge in [0.2, 0.25) is 0 Å². The third kappa shape index (κ3) is 4.97. The van der Waals surface area contributed by atoms with Gasteiger partial charge in [0.15, 0.2) is 0 Å². The van der Waals surface area contributed by atoms with Crippen LogP contribution >= 0.6 is 0 Å². The number of carbonyl (C=O) groups excluding carboxylic acids is 1. The maximum atomic E-state index is 11.5. The molecule has 4 nitrogen and oxygen atoms in total. The van der Waals surface area contributed by atoms with Gasteiger partial charge in [0.05, 0.1) is 12.5 Å². The quantitative estimate of drug-likeness (QED) is 0.822. The Hall–Kier alpha value is -1.55. The lowest BCUT2D eigenvalue weighted by Crippen LogP contribution is -2.36. The molecule has 2 aliphatic rings. The van der Waals surface area contributed by atoms with E-state index in [9.17, 15) is 9.90 Å². The summed E-state index contributed by atoms with van der Waals surface area (Å²) in [7, 11) is 0. The Bertz CT molecular complexity index is 604. The Morgan fingerprint density at radius 3 is 2.68 bits per heavy atom. The monoisotopic (exact) mass is 346 g/mol. The van der Waals surface area contributed by atoms with E-state index < -0.39 is 6.10 Å². The van der Waals surface area contributed by atoms with Gasteiger partial charge in [-0.3, -0.25) is 4.79 Å². The Labute approximate surface area is 150 Å². The van der Waals surface area contributed by atoms with Crippen molar-refractivity contribution in [2.45, 2.75) is 77.4 Å². The number of carbonyl (C=O) groups is 1. The molecule has 1 N–H and O–H groups in total. The highest BCUT2D eigenvalue weighted by molar-refractivity contribution is 5.71. The van der Waals surface area contributed by atoms with Gasteiger partial charge in [-0.15, -0.1) is 0 Å². The second-order valence-corrected chi connectivity index (χ2v) is 7.79. The van der Waals surface area contributed by atoms with Crippen LogP contribution in [0.5, 0.6) is 5.75 Å². The molecule has 1 saturated carbocycles. The molecule has 0 radical (unpaired) electrons. The average Bonchev–Trinajstić information content (AvgIpc) is 2.54. The molecule has 3 rings (SSSR count). The molecule has 1 heterocycles. The fraction of sp³-hybridized carbons (Fsp3) is 0.667. The summed E-state index contributed by atoms with van der Waals surface area (Å²) in [5.41, 5.74) is 3.66. The second kappa shape index (κ2) is 8.22. The largest absolute Gasteiger partial charge is 0.489 e. The lowest BCUT2D eigenvalue weighted by Gasteiger charge is -2.27. The maximum absolute atomic E-state index is 11.5. The maximum Gasteiger partial charge on any atom is 0.308 e. The van der Waals surface area contributed by atoms with E-state index in [1.54, 1.807) is 0 Å². The standard InChI is InChI=1S/C21H30O4/c1-14-8-15(2)21(17(9-14)10-16-6-4-3-5-7-16)24-13-19-11-18(22)12-20(23)25-19/h8-9,16,18-19,22H,3-7,10-13H2,1-2H3/t18-,19+/m1/s1. The van der Waals surface area contributed by atoms with Crippen molar-refractivity contribution >= 4 is 5.97 Å². The molecule has 2 atom stereocenters. The lowest BCUT2D eigenvalue weighted by molar-refractivity contribution is -0.162. The highest BCUT2D eigenvalue weighted by atomic mass is 16.6. The minimum absolute atomic E-state index is 0.0903. The zero-order valence-electron chi connectivity index (χ0n) is 15.4. The highest BCUT2D eigenvalue weighted by Gasteiger charge is 2.28. The predicted molar refractivity (Wildman–Crippen MR) is 96.8 cm³/mol. The van der Waals surface area contributed by atoms with Crippen LogP contribution in [0, 0.1) is 19.8 Å². The fourth-order valence-electron chi connectivity index (χ4n) is 4.24. The predicted octanol–water partition coefficient (Wildman–Crippen LogP) is 3.87. The minimum atomic E-state index is -0.615. The zero-order valence-corrected chi connectivity index (χ0v) is 15.4. The van der Waals surface area contributed by atoms with E-state index in [-0.39, 0.29) is 18.5 Å². The number of ether oxygens (including phenoxy) is 2. The van der Waals surface area contributed by atoms with Crippen molar-refractivity contribution in [1.29, 1.82) is 0 Å². The van der Waals surface area contributed by atoms with E-state index in [1.165, 1.54) is 43.2 Å². The third-order valence-electron chi connectivity index (χ3n) is 5.38. The Kier molecular flexibility index (Phi) is 6.00. The van der Waals surface area contributed by atoms with Crippen molar-refractivity contribution in [3.8, 4) is 5.75 Å². The number of hydrogen-bond donors (Lipinski definition) is 1. The highest BCUT2D eigenvalue weighted by Crippen LogP contribution is 2.33. The molecule has 0 bridgehead atoms. The molecule has 0 unspecified atom stereocenters. The van der Waals surface area contributed by atoms with Gasteiger partial charge in [0, 0.05) is 6.42 Å². The van der Waals surface area contributed by atoms with Crippen LogP contribution < -0.4 is 4.74 Å². The Balaban J connectivity index is 1.69. The van der Waals surface area contributed by atoms with E-state index in [1.807, 2.05) is 0 Å². The van der Waals surface area contributed by atoms with Gasteiger partial charge >= 0.3 is 5.97 Å². The molecule has 138 valence electrons. The summed E-state index contributed by atoms with van der Waals surface area (Å²) in [4.78, 5) is 11.5. The first-order chi connectivity index (χ1) is 12.0. The fourth-order valence-corrected chi connectivity index (χ4v) is 4.24. The summed E-state index contributed by atoms with van der Waals surface area (Å²) >= 11 is 0. The summed E-state index contributed by atoms with van der Waals surface area (Å²) < 4.78 is 11.4. The van der Waals surface area contributed by atoms with Gasteiger partial charge in [-0.05, 0) is 37.3 Å². The lowest BCUT2D eigenvalue weighted by atomic mass is 9.84. The molecule has 1 aromatic carbocycles. The van der Waals surface area contributed by atoms with E-state index in [0.29, 0.717) is 13.0 Å². The number of benzene rings is 1. The molecule has 0 amide bonds. The Morgan fingerprint density at radius 2 is 1.96 bits per heavy atom. The number of hydrogen-bond acceptors (Lipinski definition) is 4. The van der Waals surface area contributed by atoms with Crippen molar-refractivity contribution < 1.29 is 19.4 Å². The second-order valence-electron chi connectivity index (χ2n) is 7.79. The molecule has 0 aromatic heterocycles. The van der Waals surface area contributed by atoms with Crippen LogP contribution in [0.4, 0.5) is 0 Å². The Morgan fingerprint density at radius 1 is 1.20 bits per heavy atom. The van der Waals surface area contributed by atoms with E-state index >= 15 is 0 Å². The molecular formula is C21H30O4. The van der Waals surface area contributed by atoms with Gasteiger partial charge in [0.25, 0.3) is 0 Å². The van der Waals surface area contributed by atoms with Crippen LogP contribution in [0.1, 0.15) is 61.6 Å². The van der Waals surface area contributed by atoms with Crippen LogP contribution in [0.3, 0.4) is 0 Å². The van der Waals surface area contributed by atoms with E-state index in [2.05, 4.69) is 26.0 Å². The van der Waals surface area contributed by atoms with Crippen LogP contribution in [-0.2, 0) is 16.0 Å². The van der Waals surface area contributed by atoms with Crippen LogP contribution in [0.25, 0.3) is 0 Å². The molecule has 1 aliphatic heterocycles. The molecule has 1 aromatic rings. The van der Waals surface area contributed by atoms with Gasteiger partial charge in [-0.25, -0.2) is 0 Å². The van der Waals surface area contributed by atoms with Gasteiger partial charge < -0.3 is 14.6 Å². The van der Waals surface area contributed by atoms with Gasteiger partial charge in [0.1, 0.15) is 18.5 Å². The summed E-state index contributed by atoms with van der Waals surface area (Å²) in [5.74, 6) is 1.34. The first kappa shape index (κ1) is 18.2. The third-order valence-corrected chi connectivity index (χ3v) is 5.38. The summed E-state index contributed by atoms with van der Waals surface area (Å²) in [6.07, 6.45) is 7.27. The number of aliphatic hydroxyl groups excluding tert-OH is 1. The number of aryl methyl sites for hydroxylation is 2. The van der Waals surface area contributed by atoms with Crippen molar-refractivity contribution in [2.75, 3.05) is 6.61 Å². The molecule has 1 aliphatic carbocycles. The molecule has 1 saturated heterocycles. The molecule has 0 spiro atoms. The first-order valence-corrected chi connectivity index (χ1v) is 9.61. The first-order valence-electron chi connectivity index (χ1n) is 9.61. The van der Waals surface area contributed by atoms with Gasteiger partial charge in [-0.1, -0.05) is 49.8 Å². The molecule has 25 heavy (non-hydrogen) atoms. The summed E-state index contributed by atoms with van der Waals surface area (Å²) in [5, 5.41) is 9.75. The number of cyclic esters (lactones) is 1. The van der Waals surface area contributed by atoms with Crippen LogP contribution in [0.15, 0.2) is 12.1 Å². The van der Waals surface area contributed by atoms with Crippen LogP contribution in [-0.4, -0.2) is 29.9 Å². The van der Waals surface area contributed by atoms with Crippen molar-refractivity contribution in [2.24, 2.45) is 5.92 Å². The number of esters is 1. The molecule has 2 fully saturated rings. The number of rotatable bonds is 5. The normalized spacial score (nSPS) is 24.8. The van der Waals surface area contributed by atoms with Crippen molar-refractivity contribution in [3.05, 3.63) is 28.8 Å². The molecule has 4 heteroatoms. The van der Waals surface area contributed by atoms with Crippen molar-refractivity contribution in [3.63, 3.8) is 0 Å². The summed E-state index contributed by atoms with van der Waals surface area (Å²) in [6.45, 7) is 4.51. The number of aliphatic hydroxyl groups is 1.